The molecule has 2 nitrogen and oxygen atoms in total. The summed E-state index contributed by atoms with van der Waals surface area (Å²) in [5.41, 5.74) is 6.89. The first-order chi connectivity index (χ1) is 6.68. The lowest BCUT2D eigenvalue weighted by Gasteiger charge is -2.18. The van der Waals surface area contributed by atoms with E-state index in [0.717, 1.165) is 18.4 Å². The van der Waals surface area contributed by atoms with Crippen LogP contribution in [-0.4, -0.2) is 11.2 Å². The Morgan fingerprint density at radius 3 is 2.36 bits per heavy atom. The molecule has 0 bridgehead atoms. The Hall–Kier alpha value is -0.570. The third kappa shape index (κ3) is 2.08. The highest BCUT2D eigenvalue weighted by Gasteiger charge is 2.34. The van der Waals surface area contributed by atoms with E-state index in [1.807, 2.05) is 12.1 Å². The van der Waals surface area contributed by atoms with Crippen molar-refractivity contribution in [2.45, 2.75) is 25.0 Å². The monoisotopic (exact) mass is 211 g/mol. The number of benzene rings is 1. The van der Waals surface area contributed by atoms with E-state index < -0.39 is 6.10 Å². The molecular weight excluding hydrogens is 198 g/mol. The molecule has 0 amide bonds. The standard InChI is InChI=1S/C11H14ClNO/c12-9-5-3-7(4-6-9)10(13)11(14)8-1-2-8/h3-6,8,10-11,14H,1-2,13H2/t10-,11+/m1/s1. The Balaban J connectivity index is 2.09. The summed E-state index contributed by atoms with van der Waals surface area (Å²) in [5.74, 6) is 0.403. The second-order valence-corrected chi connectivity index (χ2v) is 4.34. The van der Waals surface area contributed by atoms with Crippen LogP contribution in [0.25, 0.3) is 0 Å². The molecule has 0 aliphatic heterocycles. The molecule has 0 unspecified atom stereocenters. The fourth-order valence-electron chi connectivity index (χ4n) is 1.61. The van der Waals surface area contributed by atoms with Gasteiger partial charge in [0.25, 0.3) is 0 Å². The smallest absolute Gasteiger partial charge is 0.0760 e. The zero-order chi connectivity index (χ0) is 10.1. The highest BCUT2D eigenvalue weighted by molar-refractivity contribution is 6.30. The summed E-state index contributed by atoms with van der Waals surface area (Å²) in [7, 11) is 0. The van der Waals surface area contributed by atoms with Gasteiger partial charge in [0.15, 0.2) is 0 Å². The lowest BCUT2D eigenvalue weighted by atomic mass is 9.99. The molecule has 0 radical (unpaired) electrons. The van der Waals surface area contributed by atoms with E-state index in [1.54, 1.807) is 12.1 Å². The SMILES string of the molecule is N[C@H](c1ccc(Cl)cc1)[C@@H](O)C1CC1. The minimum absolute atomic E-state index is 0.278. The summed E-state index contributed by atoms with van der Waals surface area (Å²) in [6, 6.07) is 7.07. The molecule has 1 saturated carbocycles. The van der Waals surface area contributed by atoms with Crippen LogP contribution < -0.4 is 5.73 Å². The van der Waals surface area contributed by atoms with Crippen LogP contribution in [0.2, 0.25) is 5.02 Å². The number of nitrogens with two attached hydrogens (primary N) is 1. The molecule has 2 rings (SSSR count). The van der Waals surface area contributed by atoms with Gasteiger partial charge in [-0.2, -0.15) is 0 Å². The number of aliphatic hydroxyl groups excluding tert-OH is 1. The highest BCUT2D eigenvalue weighted by atomic mass is 35.5. The van der Waals surface area contributed by atoms with Crippen LogP contribution in [0.3, 0.4) is 0 Å². The van der Waals surface area contributed by atoms with Crippen LogP contribution in [0.5, 0.6) is 0 Å². The van der Waals surface area contributed by atoms with Gasteiger partial charge in [0.2, 0.25) is 0 Å². The van der Waals surface area contributed by atoms with Crippen molar-refractivity contribution >= 4 is 11.6 Å². The van der Waals surface area contributed by atoms with Crippen molar-refractivity contribution in [3.8, 4) is 0 Å². The maximum absolute atomic E-state index is 9.82. The Morgan fingerprint density at radius 1 is 1.29 bits per heavy atom. The molecule has 1 aromatic carbocycles. The molecule has 76 valence electrons. The van der Waals surface area contributed by atoms with E-state index in [-0.39, 0.29) is 6.04 Å². The Morgan fingerprint density at radius 2 is 1.86 bits per heavy atom. The molecule has 0 saturated heterocycles. The van der Waals surface area contributed by atoms with E-state index >= 15 is 0 Å². The Labute approximate surface area is 88.7 Å². The highest BCUT2D eigenvalue weighted by Crippen LogP contribution is 2.37. The van der Waals surface area contributed by atoms with Gasteiger partial charge < -0.3 is 10.8 Å². The normalized spacial score (nSPS) is 20.5. The topological polar surface area (TPSA) is 46.2 Å². The van der Waals surface area contributed by atoms with Gasteiger partial charge in [-0.25, -0.2) is 0 Å². The van der Waals surface area contributed by atoms with Gasteiger partial charge in [0.05, 0.1) is 12.1 Å². The molecule has 14 heavy (non-hydrogen) atoms. The second kappa shape index (κ2) is 3.89. The van der Waals surface area contributed by atoms with Crippen molar-refractivity contribution in [3.63, 3.8) is 0 Å². The zero-order valence-electron chi connectivity index (χ0n) is 7.86. The van der Waals surface area contributed by atoms with Crippen molar-refractivity contribution in [3.05, 3.63) is 34.9 Å². The molecule has 1 fully saturated rings. The van der Waals surface area contributed by atoms with Crippen molar-refractivity contribution < 1.29 is 5.11 Å². The Kier molecular flexibility index (Phi) is 2.77. The first kappa shape index (κ1) is 9.97. The molecule has 3 N–H and O–H groups in total. The minimum Gasteiger partial charge on any atom is -0.391 e. The molecule has 3 heteroatoms. The molecule has 1 aromatic rings. The molecule has 1 aliphatic rings. The molecule has 1 aliphatic carbocycles. The number of halogens is 1. The van der Waals surface area contributed by atoms with E-state index in [4.69, 9.17) is 17.3 Å². The predicted octanol–water partition coefficient (Wildman–Crippen LogP) is 2.11. The lowest BCUT2D eigenvalue weighted by Crippen LogP contribution is -2.27. The molecule has 0 aromatic heterocycles. The van der Waals surface area contributed by atoms with Gasteiger partial charge >= 0.3 is 0 Å². The van der Waals surface area contributed by atoms with Gasteiger partial charge in [0, 0.05) is 5.02 Å². The number of hydrogen-bond donors (Lipinski definition) is 2. The summed E-state index contributed by atoms with van der Waals surface area (Å²) in [5, 5.41) is 10.5. The average molecular weight is 212 g/mol. The summed E-state index contributed by atoms with van der Waals surface area (Å²) in [4.78, 5) is 0. The maximum atomic E-state index is 9.82. The first-order valence-electron chi connectivity index (χ1n) is 4.87. The van der Waals surface area contributed by atoms with Crippen molar-refractivity contribution in [2.75, 3.05) is 0 Å². The molecule has 0 heterocycles. The number of aliphatic hydroxyl groups is 1. The third-order valence-electron chi connectivity index (χ3n) is 2.73. The van der Waals surface area contributed by atoms with Crippen LogP contribution in [-0.2, 0) is 0 Å². The van der Waals surface area contributed by atoms with E-state index in [1.165, 1.54) is 0 Å². The molecular formula is C11H14ClNO. The van der Waals surface area contributed by atoms with Crippen molar-refractivity contribution in [1.82, 2.24) is 0 Å². The summed E-state index contributed by atoms with van der Waals surface area (Å²) in [6.45, 7) is 0. The van der Waals surface area contributed by atoms with Crippen LogP contribution in [0.15, 0.2) is 24.3 Å². The van der Waals surface area contributed by atoms with Gasteiger partial charge in [-0.05, 0) is 36.5 Å². The zero-order valence-corrected chi connectivity index (χ0v) is 8.61. The van der Waals surface area contributed by atoms with Crippen molar-refractivity contribution in [1.29, 1.82) is 0 Å². The fraction of sp³-hybridized carbons (Fsp3) is 0.455. The van der Waals surface area contributed by atoms with Crippen LogP contribution in [0.4, 0.5) is 0 Å². The van der Waals surface area contributed by atoms with Gasteiger partial charge in [0.1, 0.15) is 0 Å². The lowest BCUT2D eigenvalue weighted by molar-refractivity contribution is 0.122. The van der Waals surface area contributed by atoms with E-state index in [0.29, 0.717) is 10.9 Å². The third-order valence-corrected chi connectivity index (χ3v) is 2.98. The first-order valence-corrected chi connectivity index (χ1v) is 5.25. The van der Waals surface area contributed by atoms with Gasteiger partial charge in [-0.3, -0.25) is 0 Å². The maximum Gasteiger partial charge on any atom is 0.0760 e. The van der Waals surface area contributed by atoms with Crippen molar-refractivity contribution in [2.24, 2.45) is 11.7 Å². The summed E-state index contributed by atoms with van der Waals surface area (Å²) in [6.07, 6.45) is 1.79. The van der Waals surface area contributed by atoms with E-state index in [2.05, 4.69) is 0 Å². The van der Waals surface area contributed by atoms with Gasteiger partial charge in [-0.15, -0.1) is 0 Å². The minimum atomic E-state index is -0.406. The molecule has 2 atom stereocenters. The summed E-state index contributed by atoms with van der Waals surface area (Å²) < 4.78 is 0. The van der Waals surface area contributed by atoms with Crippen LogP contribution >= 0.6 is 11.6 Å². The number of rotatable bonds is 3. The average Bonchev–Trinajstić information content (AvgIpc) is 3.00. The van der Waals surface area contributed by atoms with Crippen LogP contribution in [0, 0.1) is 5.92 Å². The largest absolute Gasteiger partial charge is 0.391 e. The van der Waals surface area contributed by atoms with E-state index in [9.17, 15) is 5.11 Å². The van der Waals surface area contributed by atoms with Gasteiger partial charge in [-0.1, -0.05) is 23.7 Å². The fourth-order valence-corrected chi connectivity index (χ4v) is 1.74. The number of hydrogen-bond acceptors (Lipinski definition) is 2. The Bertz CT molecular complexity index is 308. The second-order valence-electron chi connectivity index (χ2n) is 3.91. The molecule has 0 spiro atoms. The predicted molar refractivity (Wildman–Crippen MR) is 57.1 cm³/mol. The van der Waals surface area contributed by atoms with Crippen LogP contribution in [0.1, 0.15) is 24.4 Å². The summed E-state index contributed by atoms with van der Waals surface area (Å²) >= 11 is 5.77. The quantitative estimate of drug-likeness (QED) is 0.805.